The van der Waals surface area contributed by atoms with E-state index >= 15 is 0 Å². The molecule has 0 aromatic heterocycles. The smallest absolute Gasteiger partial charge is 0.408 e. The molecule has 1 aromatic carbocycles. The summed E-state index contributed by atoms with van der Waals surface area (Å²) in [5.41, 5.74) is -0.533. The Morgan fingerprint density at radius 3 is 2.40 bits per heavy atom. The molecule has 6 nitrogen and oxygen atoms in total. The van der Waals surface area contributed by atoms with Crippen LogP contribution in [0.25, 0.3) is 0 Å². The highest BCUT2D eigenvalue weighted by atomic mass is 16.6. The number of carbonyl (C=O) groups is 2. The summed E-state index contributed by atoms with van der Waals surface area (Å²) < 4.78 is 15.8. The van der Waals surface area contributed by atoms with Gasteiger partial charge in [-0.15, -0.1) is 0 Å². The van der Waals surface area contributed by atoms with Crippen LogP contribution < -0.4 is 5.32 Å². The van der Waals surface area contributed by atoms with E-state index in [-0.39, 0.29) is 5.92 Å². The van der Waals surface area contributed by atoms with Crippen molar-refractivity contribution >= 4 is 12.1 Å². The van der Waals surface area contributed by atoms with Gasteiger partial charge in [0.15, 0.2) is 0 Å². The van der Waals surface area contributed by atoms with E-state index in [4.69, 9.17) is 14.2 Å². The van der Waals surface area contributed by atoms with Gasteiger partial charge in [0.25, 0.3) is 0 Å². The minimum absolute atomic E-state index is 0.192. The molecule has 1 aliphatic rings. The SMILES string of the molecule is COC(=O)C1(NC(=O)OC(C)(C)C)CC(COCc2ccccc2)C1. The molecule has 0 unspecified atom stereocenters. The largest absolute Gasteiger partial charge is 0.467 e. The second-order valence-electron chi connectivity index (χ2n) is 7.48. The van der Waals surface area contributed by atoms with Crippen LogP contribution in [0.15, 0.2) is 30.3 Å². The molecule has 0 spiro atoms. The molecule has 25 heavy (non-hydrogen) atoms. The maximum atomic E-state index is 12.1. The minimum Gasteiger partial charge on any atom is -0.467 e. The standard InChI is InChI=1S/C19H27NO5/c1-18(2,3)25-17(22)20-19(16(21)23-4)10-15(11-19)13-24-12-14-8-6-5-7-9-14/h5-9,15H,10-13H2,1-4H3,(H,20,22). The highest BCUT2D eigenvalue weighted by Crippen LogP contribution is 2.39. The molecular formula is C19H27NO5. The third kappa shape index (κ3) is 5.46. The molecule has 0 saturated heterocycles. The van der Waals surface area contributed by atoms with Gasteiger partial charge in [0.05, 0.1) is 20.3 Å². The van der Waals surface area contributed by atoms with Crippen molar-refractivity contribution in [1.82, 2.24) is 5.32 Å². The van der Waals surface area contributed by atoms with E-state index in [1.165, 1.54) is 7.11 Å². The fraction of sp³-hybridized carbons (Fsp3) is 0.579. The van der Waals surface area contributed by atoms with Gasteiger partial charge in [0, 0.05) is 0 Å². The first-order chi connectivity index (χ1) is 11.7. The Balaban J connectivity index is 1.83. The molecule has 1 fully saturated rings. The van der Waals surface area contributed by atoms with Crippen molar-refractivity contribution in [3.8, 4) is 0 Å². The second-order valence-corrected chi connectivity index (χ2v) is 7.48. The summed E-state index contributed by atoms with van der Waals surface area (Å²) in [6.45, 7) is 6.39. The van der Waals surface area contributed by atoms with E-state index in [1.54, 1.807) is 20.8 Å². The number of ether oxygens (including phenoxy) is 3. The van der Waals surface area contributed by atoms with Crippen LogP contribution in [0.4, 0.5) is 4.79 Å². The lowest BCUT2D eigenvalue weighted by molar-refractivity contribution is -0.156. The summed E-state index contributed by atoms with van der Waals surface area (Å²) in [5, 5.41) is 2.68. The van der Waals surface area contributed by atoms with Gasteiger partial charge in [0.2, 0.25) is 0 Å². The molecule has 6 heteroatoms. The highest BCUT2D eigenvalue weighted by molar-refractivity contribution is 5.87. The molecule has 0 aliphatic heterocycles. The quantitative estimate of drug-likeness (QED) is 0.799. The number of carbonyl (C=O) groups excluding carboxylic acids is 2. The normalized spacial score (nSPS) is 22.6. The van der Waals surface area contributed by atoms with Crippen molar-refractivity contribution in [1.29, 1.82) is 0 Å². The molecule has 1 N–H and O–H groups in total. The lowest BCUT2D eigenvalue weighted by atomic mass is 9.68. The monoisotopic (exact) mass is 349 g/mol. The second kappa shape index (κ2) is 7.87. The molecule has 0 radical (unpaired) electrons. The minimum atomic E-state index is -1.02. The van der Waals surface area contributed by atoms with Crippen molar-refractivity contribution in [2.24, 2.45) is 5.92 Å². The molecule has 0 heterocycles. The summed E-state index contributed by atoms with van der Waals surface area (Å²) in [7, 11) is 1.32. The Hall–Kier alpha value is -2.08. The summed E-state index contributed by atoms with van der Waals surface area (Å²) in [6.07, 6.45) is 0.350. The zero-order valence-corrected chi connectivity index (χ0v) is 15.3. The van der Waals surface area contributed by atoms with Crippen LogP contribution in [0, 0.1) is 5.92 Å². The summed E-state index contributed by atoms with van der Waals surface area (Å²) in [4.78, 5) is 24.1. The number of hydrogen-bond donors (Lipinski definition) is 1. The van der Waals surface area contributed by atoms with E-state index < -0.39 is 23.2 Å². The van der Waals surface area contributed by atoms with Gasteiger partial charge in [-0.25, -0.2) is 9.59 Å². The third-order valence-corrected chi connectivity index (χ3v) is 4.06. The van der Waals surface area contributed by atoms with Gasteiger partial charge < -0.3 is 19.5 Å². The predicted octanol–water partition coefficient (Wildman–Crippen LogP) is 3.05. The third-order valence-electron chi connectivity index (χ3n) is 4.06. The zero-order chi connectivity index (χ0) is 18.5. The molecular weight excluding hydrogens is 322 g/mol. The predicted molar refractivity (Wildman–Crippen MR) is 92.9 cm³/mol. The van der Waals surface area contributed by atoms with Gasteiger partial charge in [-0.3, -0.25) is 0 Å². The summed E-state index contributed by atoms with van der Waals surface area (Å²) >= 11 is 0. The van der Waals surface area contributed by atoms with Crippen LogP contribution in [0.3, 0.4) is 0 Å². The van der Waals surface area contributed by atoms with E-state index in [1.807, 2.05) is 30.3 Å². The van der Waals surface area contributed by atoms with Crippen LogP contribution in [0.1, 0.15) is 39.2 Å². The van der Waals surface area contributed by atoms with Crippen LogP contribution in [0.2, 0.25) is 0 Å². The highest BCUT2D eigenvalue weighted by Gasteiger charge is 2.52. The number of rotatable bonds is 6. The Morgan fingerprint density at radius 2 is 1.84 bits per heavy atom. The number of esters is 1. The number of amides is 1. The van der Waals surface area contributed by atoms with Gasteiger partial charge in [-0.2, -0.15) is 0 Å². The Morgan fingerprint density at radius 1 is 1.20 bits per heavy atom. The fourth-order valence-electron chi connectivity index (χ4n) is 2.98. The molecule has 1 aliphatic carbocycles. The van der Waals surface area contributed by atoms with Crippen molar-refractivity contribution < 1.29 is 23.8 Å². The van der Waals surface area contributed by atoms with Crippen molar-refractivity contribution in [3.05, 3.63) is 35.9 Å². The van der Waals surface area contributed by atoms with Gasteiger partial charge >= 0.3 is 12.1 Å². The zero-order valence-electron chi connectivity index (χ0n) is 15.3. The molecule has 1 aromatic rings. The number of hydrogen-bond acceptors (Lipinski definition) is 5. The average Bonchev–Trinajstić information content (AvgIpc) is 2.50. The number of alkyl carbamates (subject to hydrolysis) is 1. The lowest BCUT2D eigenvalue weighted by Gasteiger charge is -2.45. The number of methoxy groups -OCH3 is 1. The Kier molecular flexibility index (Phi) is 6.06. The molecule has 0 atom stereocenters. The maximum absolute atomic E-state index is 12.1. The van der Waals surface area contributed by atoms with E-state index in [2.05, 4.69) is 5.32 Å². The number of nitrogens with one attached hydrogen (secondary N) is 1. The summed E-state index contributed by atoms with van der Waals surface area (Å²) in [6, 6.07) is 9.90. The topological polar surface area (TPSA) is 73.9 Å². The van der Waals surface area contributed by atoms with Crippen LogP contribution in [-0.4, -0.2) is 36.9 Å². The lowest BCUT2D eigenvalue weighted by Crippen LogP contribution is -2.64. The van der Waals surface area contributed by atoms with Crippen LogP contribution in [-0.2, 0) is 25.6 Å². The molecule has 2 rings (SSSR count). The molecule has 0 bridgehead atoms. The van der Waals surface area contributed by atoms with Gasteiger partial charge in [-0.1, -0.05) is 30.3 Å². The van der Waals surface area contributed by atoms with E-state index in [0.717, 1.165) is 5.56 Å². The van der Waals surface area contributed by atoms with Crippen molar-refractivity contribution in [3.63, 3.8) is 0 Å². The van der Waals surface area contributed by atoms with Crippen molar-refractivity contribution in [2.75, 3.05) is 13.7 Å². The van der Waals surface area contributed by atoms with Gasteiger partial charge in [0.1, 0.15) is 11.1 Å². The molecule has 138 valence electrons. The first-order valence-corrected chi connectivity index (χ1v) is 8.45. The fourth-order valence-corrected chi connectivity index (χ4v) is 2.98. The summed E-state index contributed by atoms with van der Waals surface area (Å²) in [5.74, 6) is -0.254. The first-order valence-electron chi connectivity index (χ1n) is 8.45. The number of benzene rings is 1. The van der Waals surface area contributed by atoms with E-state index in [9.17, 15) is 9.59 Å². The Bertz CT molecular complexity index is 588. The average molecular weight is 349 g/mol. The van der Waals surface area contributed by atoms with Crippen molar-refractivity contribution in [2.45, 2.75) is 51.4 Å². The van der Waals surface area contributed by atoms with Crippen LogP contribution >= 0.6 is 0 Å². The van der Waals surface area contributed by atoms with Crippen LogP contribution in [0.5, 0.6) is 0 Å². The Labute approximate surface area is 148 Å². The molecule has 1 amide bonds. The maximum Gasteiger partial charge on any atom is 0.408 e. The first kappa shape index (κ1) is 19.2. The molecule has 1 saturated carbocycles. The van der Waals surface area contributed by atoms with E-state index in [0.29, 0.717) is 26.1 Å². The van der Waals surface area contributed by atoms with Gasteiger partial charge in [-0.05, 0) is 45.1 Å².